The zero-order chi connectivity index (χ0) is 32.6. The van der Waals surface area contributed by atoms with E-state index < -0.39 is 17.5 Å². The predicted molar refractivity (Wildman–Crippen MR) is 173 cm³/mol. The minimum absolute atomic E-state index is 0.00616. The number of anilines is 1. The van der Waals surface area contributed by atoms with Crippen molar-refractivity contribution in [3.05, 3.63) is 46.4 Å². The summed E-state index contributed by atoms with van der Waals surface area (Å²) in [6.07, 6.45) is 4.14. The van der Waals surface area contributed by atoms with Crippen molar-refractivity contribution in [1.29, 1.82) is 0 Å². The van der Waals surface area contributed by atoms with E-state index in [1.54, 1.807) is 6.92 Å². The second kappa shape index (κ2) is 15.6. The standard InChI is InChI=1S/C32H47ClN6O6/c1-21-28(33)38-27(29(35)36-21)30(40)37-26(34)10-8-6-7-9-22-11-13-23(14-12-22)41-16-15-39(17-24-19-42-31(2,3)44-24)18-25-20-43-32(4,5)45-25/h11-14,24-25H,6-10,15-20H2,1-5H3,(H2,35,36)(H2,34,37,40)/t24-,25-/m0/s1. The van der Waals surface area contributed by atoms with Gasteiger partial charge in [-0.15, -0.1) is 0 Å². The summed E-state index contributed by atoms with van der Waals surface area (Å²) in [6.45, 7) is 13.3. The molecule has 0 spiro atoms. The summed E-state index contributed by atoms with van der Waals surface area (Å²) in [7, 11) is 0. The van der Waals surface area contributed by atoms with Gasteiger partial charge in [0.15, 0.2) is 28.2 Å². The van der Waals surface area contributed by atoms with Crippen molar-refractivity contribution in [2.24, 2.45) is 10.7 Å². The molecule has 1 amide bonds. The molecular weight excluding hydrogens is 600 g/mol. The fraction of sp³-hybridized carbons (Fsp3) is 0.625. The van der Waals surface area contributed by atoms with Crippen molar-refractivity contribution in [3.63, 3.8) is 0 Å². The highest BCUT2D eigenvalue weighted by Crippen LogP contribution is 2.25. The Morgan fingerprint density at radius 3 is 2.22 bits per heavy atom. The highest BCUT2D eigenvalue weighted by atomic mass is 35.5. The molecular formula is C32H47ClN6O6. The SMILES string of the molecule is Cc1nc(N)c(C(=O)N=C(N)CCCCCc2ccc(OCCN(C[C@H]3COC(C)(C)O3)C[C@H]3COC(C)(C)O3)cc2)nc1Cl. The fourth-order valence-electron chi connectivity index (χ4n) is 5.31. The van der Waals surface area contributed by atoms with Crippen molar-refractivity contribution >= 4 is 29.2 Å². The molecule has 2 atom stereocenters. The molecule has 13 heteroatoms. The van der Waals surface area contributed by atoms with Crippen LogP contribution in [0.1, 0.15) is 75.1 Å². The van der Waals surface area contributed by atoms with Gasteiger partial charge in [-0.25, -0.2) is 9.97 Å². The van der Waals surface area contributed by atoms with E-state index in [-0.39, 0.29) is 34.7 Å². The Morgan fingerprint density at radius 1 is 1.02 bits per heavy atom. The molecule has 0 aliphatic carbocycles. The summed E-state index contributed by atoms with van der Waals surface area (Å²) >= 11 is 5.96. The third-order valence-electron chi connectivity index (χ3n) is 7.54. The van der Waals surface area contributed by atoms with Crippen LogP contribution in [0.4, 0.5) is 5.82 Å². The van der Waals surface area contributed by atoms with Gasteiger partial charge >= 0.3 is 5.91 Å². The largest absolute Gasteiger partial charge is 0.492 e. The molecule has 2 aromatic rings. The molecule has 0 bridgehead atoms. The summed E-state index contributed by atoms with van der Waals surface area (Å²) in [5.74, 6) is -0.713. The summed E-state index contributed by atoms with van der Waals surface area (Å²) in [5.41, 5.74) is 13.3. The van der Waals surface area contributed by atoms with Crippen LogP contribution in [0.15, 0.2) is 29.3 Å². The zero-order valence-electron chi connectivity index (χ0n) is 27.0. The molecule has 45 heavy (non-hydrogen) atoms. The third-order valence-corrected chi connectivity index (χ3v) is 7.90. The van der Waals surface area contributed by atoms with Gasteiger partial charge in [0.05, 0.1) is 31.1 Å². The Hall–Kier alpha value is -2.87. The average molecular weight is 647 g/mol. The number of carbonyl (C=O) groups excluding carboxylic acids is 1. The van der Waals surface area contributed by atoms with Crippen LogP contribution in [0.3, 0.4) is 0 Å². The first-order chi connectivity index (χ1) is 21.3. The van der Waals surface area contributed by atoms with Gasteiger partial charge < -0.3 is 35.2 Å². The van der Waals surface area contributed by atoms with Gasteiger partial charge in [0.25, 0.3) is 0 Å². The first-order valence-electron chi connectivity index (χ1n) is 15.5. The molecule has 2 saturated heterocycles. The van der Waals surface area contributed by atoms with E-state index >= 15 is 0 Å². The van der Waals surface area contributed by atoms with E-state index in [1.807, 2.05) is 39.8 Å². The Balaban J connectivity index is 1.16. The quantitative estimate of drug-likeness (QED) is 0.161. The van der Waals surface area contributed by atoms with E-state index in [4.69, 9.17) is 46.8 Å². The van der Waals surface area contributed by atoms with Crippen LogP contribution >= 0.6 is 11.6 Å². The first-order valence-corrected chi connectivity index (χ1v) is 15.9. The van der Waals surface area contributed by atoms with E-state index in [1.165, 1.54) is 5.56 Å². The molecule has 4 N–H and O–H groups in total. The highest BCUT2D eigenvalue weighted by Gasteiger charge is 2.36. The van der Waals surface area contributed by atoms with Crippen molar-refractivity contribution in [1.82, 2.24) is 14.9 Å². The molecule has 1 aromatic carbocycles. The van der Waals surface area contributed by atoms with Crippen molar-refractivity contribution in [3.8, 4) is 5.75 Å². The van der Waals surface area contributed by atoms with E-state index in [2.05, 4.69) is 32.0 Å². The second-order valence-corrected chi connectivity index (χ2v) is 12.8. The predicted octanol–water partition coefficient (Wildman–Crippen LogP) is 4.30. The number of ether oxygens (including phenoxy) is 5. The number of nitrogen functional groups attached to an aromatic ring is 1. The van der Waals surface area contributed by atoms with E-state index in [0.717, 1.165) is 51.1 Å². The molecule has 0 radical (unpaired) electrons. The normalized spacial score (nSPS) is 21.0. The topological polar surface area (TPSA) is 157 Å². The Kier molecular flexibility index (Phi) is 12.1. The second-order valence-electron chi connectivity index (χ2n) is 12.5. The van der Waals surface area contributed by atoms with Crippen molar-refractivity contribution in [2.75, 3.05) is 45.2 Å². The number of hydrogen-bond donors (Lipinski definition) is 2. The highest BCUT2D eigenvalue weighted by molar-refractivity contribution is 6.30. The maximum Gasteiger partial charge on any atom is 0.301 e. The van der Waals surface area contributed by atoms with E-state index in [0.29, 0.717) is 31.9 Å². The van der Waals surface area contributed by atoms with Crippen LogP contribution in [0.5, 0.6) is 5.75 Å². The summed E-state index contributed by atoms with van der Waals surface area (Å²) in [5, 5.41) is 0.114. The number of hydrogen-bond acceptors (Lipinski definition) is 10. The van der Waals surface area contributed by atoms with Crippen molar-refractivity contribution in [2.45, 2.75) is 90.5 Å². The molecule has 0 saturated carbocycles. The molecule has 0 unspecified atom stereocenters. The van der Waals surface area contributed by atoms with Gasteiger partial charge in [-0.05, 0) is 71.6 Å². The number of aromatic nitrogens is 2. The number of halogens is 1. The Labute approximate surface area is 270 Å². The number of aryl methyl sites for hydroxylation is 2. The van der Waals surface area contributed by atoms with Gasteiger partial charge in [-0.2, -0.15) is 4.99 Å². The Bertz CT molecular complexity index is 1290. The van der Waals surface area contributed by atoms with Crippen molar-refractivity contribution < 1.29 is 28.5 Å². The van der Waals surface area contributed by atoms with Crippen LogP contribution in [-0.2, 0) is 25.4 Å². The van der Waals surface area contributed by atoms with Gasteiger partial charge in [0.1, 0.15) is 18.2 Å². The monoisotopic (exact) mass is 646 g/mol. The molecule has 2 aliphatic rings. The van der Waals surface area contributed by atoms with E-state index in [9.17, 15) is 4.79 Å². The number of aliphatic imine (C=N–C) groups is 1. The molecule has 248 valence electrons. The molecule has 4 rings (SSSR count). The lowest BCUT2D eigenvalue weighted by Gasteiger charge is -2.28. The van der Waals surface area contributed by atoms with Gasteiger partial charge in [-0.1, -0.05) is 30.2 Å². The lowest BCUT2D eigenvalue weighted by Crippen LogP contribution is -2.42. The maximum atomic E-state index is 12.4. The van der Waals surface area contributed by atoms with Gasteiger partial charge in [0.2, 0.25) is 0 Å². The number of amides is 1. The molecule has 12 nitrogen and oxygen atoms in total. The molecule has 2 aliphatic heterocycles. The zero-order valence-corrected chi connectivity index (χ0v) is 27.8. The fourth-order valence-corrected chi connectivity index (χ4v) is 5.44. The lowest BCUT2D eigenvalue weighted by atomic mass is 10.1. The molecule has 3 heterocycles. The first kappa shape index (κ1) is 35.0. The third kappa shape index (κ3) is 11.2. The number of benzene rings is 1. The minimum atomic E-state index is -0.641. The number of nitrogens with zero attached hydrogens (tertiary/aromatic N) is 4. The number of nitrogens with two attached hydrogens (primary N) is 2. The lowest BCUT2D eigenvalue weighted by molar-refractivity contribution is -0.145. The molecule has 1 aromatic heterocycles. The van der Waals surface area contributed by atoms with Crippen LogP contribution in [0.2, 0.25) is 5.15 Å². The van der Waals surface area contributed by atoms with Crippen LogP contribution < -0.4 is 16.2 Å². The minimum Gasteiger partial charge on any atom is -0.492 e. The van der Waals surface area contributed by atoms with Gasteiger partial charge in [-0.3, -0.25) is 9.69 Å². The average Bonchev–Trinajstić information content (AvgIpc) is 3.49. The maximum absolute atomic E-state index is 12.4. The smallest absolute Gasteiger partial charge is 0.301 e. The summed E-state index contributed by atoms with van der Waals surface area (Å²) < 4.78 is 29.7. The number of rotatable bonds is 15. The number of unbranched alkanes of at least 4 members (excludes halogenated alkanes) is 2. The number of amidine groups is 1. The summed E-state index contributed by atoms with van der Waals surface area (Å²) in [4.78, 5) is 26.6. The van der Waals surface area contributed by atoms with Crippen LogP contribution in [0.25, 0.3) is 0 Å². The summed E-state index contributed by atoms with van der Waals surface area (Å²) in [6, 6.07) is 8.21. The molecule has 2 fully saturated rings. The number of carbonyl (C=O) groups is 1. The van der Waals surface area contributed by atoms with Crippen LogP contribution in [0, 0.1) is 6.92 Å². The van der Waals surface area contributed by atoms with Crippen LogP contribution in [-0.4, -0.2) is 89.8 Å². The Morgan fingerprint density at radius 2 is 1.64 bits per heavy atom. The van der Waals surface area contributed by atoms with Gasteiger partial charge in [0, 0.05) is 26.1 Å².